The Morgan fingerprint density at radius 2 is 0.357 bits per heavy atom. The molecule has 0 aromatic heterocycles. The van der Waals surface area contributed by atoms with Gasteiger partial charge in [-0.1, -0.05) is 0 Å². The molecule has 0 unspecified atom stereocenters. The van der Waals surface area contributed by atoms with Crippen LogP contribution in [-0.4, -0.2) is 0 Å². The van der Waals surface area contributed by atoms with E-state index in [1.807, 2.05) is 0 Å². The van der Waals surface area contributed by atoms with E-state index in [1.165, 1.54) is 0 Å². The minimum Gasteiger partial charge on any atom is -0.205 e. The number of halogens is 18. The summed E-state index contributed by atoms with van der Waals surface area (Å²) in [5.74, 6) is -38.2. The summed E-state index contributed by atoms with van der Waals surface area (Å²) in [7, 11) is 0. The molecule has 4 aromatic rings. The zero-order chi connectivity index (χ0) is 31.9. The fourth-order valence-electron chi connectivity index (χ4n) is 3.80. The average molecular weight is 954 g/mol. The molecule has 0 N–H and O–H groups in total. The van der Waals surface area contributed by atoms with Gasteiger partial charge in [-0.25, -0.2) is 65.9 Å². The van der Waals surface area contributed by atoms with Crippen LogP contribution in [0.5, 0.6) is 0 Å². The molecule has 222 valence electrons. The van der Waals surface area contributed by atoms with Gasteiger partial charge in [0.2, 0.25) is 0 Å². The number of rotatable bonds is 3. The van der Waals surface area contributed by atoms with Crippen LogP contribution < -0.4 is 0 Å². The van der Waals surface area contributed by atoms with Crippen molar-refractivity contribution in [2.75, 3.05) is 0 Å². The lowest BCUT2D eigenvalue weighted by atomic mass is 9.89. The SMILES string of the molecule is Fc1c(F)c(F)c(-c2c(F)c(-c3c(F)c(F)c(F)c(F)c3I)c(F)c(-c3c(F)c(F)c(F)c(F)c3I)c2F)c(I)c1F. The number of benzene rings is 4. The second-order valence-corrected chi connectivity index (χ2v) is 11.1. The third kappa shape index (κ3) is 4.64. The smallest absolute Gasteiger partial charge is 0.198 e. The van der Waals surface area contributed by atoms with Gasteiger partial charge in [0, 0.05) is 16.7 Å². The van der Waals surface area contributed by atoms with Gasteiger partial charge in [-0.15, -0.1) is 0 Å². The Morgan fingerprint density at radius 1 is 0.190 bits per heavy atom. The molecule has 0 aliphatic heterocycles. The molecule has 0 nitrogen and oxygen atoms in total. The summed E-state index contributed by atoms with van der Waals surface area (Å²) in [5.41, 5.74) is -12.4. The van der Waals surface area contributed by atoms with Gasteiger partial charge < -0.3 is 0 Å². The maximum absolute atomic E-state index is 15.9. The first-order chi connectivity index (χ1) is 19.4. The highest BCUT2D eigenvalue weighted by Crippen LogP contribution is 2.48. The van der Waals surface area contributed by atoms with Gasteiger partial charge in [0.1, 0.15) is 17.5 Å². The third-order valence-corrected chi connectivity index (χ3v) is 8.74. The van der Waals surface area contributed by atoms with Crippen LogP contribution in [0.25, 0.3) is 33.4 Å². The molecule has 0 radical (unpaired) electrons. The molecular formula is C24F15I3. The summed E-state index contributed by atoms with van der Waals surface area (Å²) in [5, 5.41) is 0. The van der Waals surface area contributed by atoms with Crippen molar-refractivity contribution < 1.29 is 65.9 Å². The van der Waals surface area contributed by atoms with Crippen LogP contribution in [0.15, 0.2) is 0 Å². The molecule has 4 rings (SSSR count). The fraction of sp³-hybridized carbons (Fsp3) is 0. The van der Waals surface area contributed by atoms with Crippen LogP contribution in [0.3, 0.4) is 0 Å². The zero-order valence-electron chi connectivity index (χ0n) is 18.8. The van der Waals surface area contributed by atoms with Crippen molar-refractivity contribution >= 4 is 67.8 Å². The van der Waals surface area contributed by atoms with Crippen LogP contribution in [0.2, 0.25) is 0 Å². The van der Waals surface area contributed by atoms with Crippen LogP contribution in [-0.2, 0) is 0 Å². The van der Waals surface area contributed by atoms with Gasteiger partial charge in [-0.3, -0.25) is 0 Å². The molecule has 0 bridgehead atoms. The first kappa shape index (κ1) is 32.9. The highest BCUT2D eigenvalue weighted by molar-refractivity contribution is 14.1. The molecule has 0 aliphatic carbocycles. The van der Waals surface area contributed by atoms with E-state index < -0.39 is 131 Å². The molecule has 18 heteroatoms. The number of hydrogen-bond acceptors (Lipinski definition) is 0. The standard InChI is InChI=1S/C24F15I3/c25-7-1(4-10(28)13(31)16(34)19(37)22(4)40)8(26)3(6-12(30)15(33)18(36)21(39)24(6)42)9(27)2(7)5-11(29)14(32)17(35)20(38)23(5)41. The first-order valence-electron chi connectivity index (χ1n) is 10.2. The summed E-state index contributed by atoms with van der Waals surface area (Å²) in [6.45, 7) is 0. The number of hydrogen-bond donors (Lipinski definition) is 0. The lowest BCUT2D eigenvalue weighted by Gasteiger charge is -2.21. The van der Waals surface area contributed by atoms with Crippen molar-refractivity contribution in [2.24, 2.45) is 0 Å². The van der Waals surface area contributed by atoms with E-state index in [9.17, 15) is 52.7 Å². The van der Waals surface area contributed by atoms with Crippen LogP contribution >= 0.6 is 67.8 Å². The predicted octanol–water partition coefficient (Wildman–Crippen LogP) is 10.6. The lowest BCUT2D eigenvalue weighted by Crippen LogP contribution is -2.13. The summed E-state index contributed by atoms with van der Waals surface area (Å²) < 4.78 is 215. The molecule has 0 spiro atoms. The predicted molar refractivity (Wildman–Crippen MR) is 140 cm³/mol. The molecule has 0 amide bonds. The van der Waals surface area contributed by atoms with Gasteiger partial charge in [0.05, 0.1) is 27.4 Å². The van der Waals surface area contributed by atoms with Crippen LogP contribution in [0.1, 0.15) is 0 Å². The van der Waals surface area contributed by atoms with Gasteiger partial charge in [-0.05, 0) is 67.8 Å². The Bertz CT molecular complexity index is 1550. The van der Waals surface area contributed by atoms with Crippen molar-refractivity contribution in [3.05, 3.63) is 98.0 Å². The van der Waals surface area contributed by atoms with Crippen molar-refractivity contribution in [2.45, 2.75) is 0 Å². The summed E-state index contributed by atoms with van der Waals surface area (Å²) in [6.07, 6.45) is 0. The van der Waals surface area contributed by atoms with Gasteiger partial charge in [0.15, 0.2) is 69.8 Å². The van der Waals surface area contributed by atoms with E-state index in [1.54, 1.807) is 0 Å². The van der Waals surface area contributed by atoms with Crippen molar-refractivity contribution in [1.82, 2.24) is 0 Å². The third-order valence-electron chi connectivity index (χ3n) is 5.70. The quantitative estimate of drug-likeness (QED) is 0.0831. The van der Waals surface area contributed by atoms with Crippen molar-refractivity contribution in [3.8, 4) is 33.4 Å². The Morgan fingerprint density at radius 3 is 0.548 bits per heavy atom. The molecule has 0 heterocycles. The van der Waals surface area contributed by atoms with E-state index in [-0.39, 0.29) is 0 Å². The maximum Gasteiger partial charge on any atom is 0.198 e. The van der Waals surface area contributed by atoms with Gasteiger partial charge >= 0.3 is 0 Å². The molecular weight excluding hydrogens is 954 g/mol. The minimum atomic E-state index is -2.71. The molecule has 0 atom stereocenters. The molecule has 0 aliphatic rings. The largest absolute Gasteiger partial charge is 0.205 e. The topological polar surface area (TPSA) is 0 Å². The van der Waals surface area contributed by atoms with Gasteiger partial charge in [0.25, 0.3) is 0 Å². The normalized spacial score (nSPS) is 11.6. The van der Waals surface area contributed by atoms with Crippen molar-refractivity contribution in [3.63, 3.8) is 0 Å². The molecule has 42 heavy (non-hydrogen) atoms. The van der Waals surface area contributed by atoms with Gasteiger partial charge in [-0.2, -0.15) is 0 Å². The maximum atomic E-state index is 15.9. The van der Waals surface area contributed by atoms with E-state index in [0.717, 1.165) is 0 Å². The monoisotopic (exact) mass is 954 g/mol. The van der Waals surface area contributed by atoms with E-state index in [2.05, 4.69) is 0 Å². The lowest BCUT2D eigenvalue weighted by molar-refractivity contribution is 0.405. The Hall–Kier alpha value is -1.98. The first-order valence-corrected chi connectivity index (χ1v) is 13.4. The minimum absolute atomic E-state index is 0.689. The molecule has 0 saturated heterocycles. The second-order valence-electron chi connectivity index (χ2n) is 7.90. The van der Waals surface area contributed by atoms with E-state index >= 15 is 13.2 Å². The summed E-state index contributed by atoms with van der Waals surface area (Å²) >= 11 is 2.07. The molecule has 0 saturated carbocycles. The second kappa shape index (κ2) is 11.5. The summed E-state index contributed by atoms with van der Waals surface area (Å²) in [6, 6.07) is 0. The summed E-state index contributed by atoms with van der Waals surface area (Å²) in [4.78, 5) is 0. The Kier molecular flexibility index (Phi) is 9.02. The average Bonchev–Trinajstić information content (AvgIpc) is 2.95. The fourth-order valence-corrected chi connectivity index (χ4v) is 6.03. The molecule has 4 aromatic carbocycles. The highest BCUT2D eigenvalue weighted by atomic mass is 127. The van der Waals surface area contributed by atoms with E-state index in [0.29, 0.717) is 67.8 Å². The van der Waals surface area contributed by atoms with Crippen molar-refractivity contribution in [1.29, 1.82) is 0 Å². The Balaban J connectivity index is 2.41. The van der Waals surface area contributed by atoms with E-state index in [4.69, 9.17) is 0 Å². The highest BCUT2D eigenvalue weighted by Gasteiger charge is 2.39. The van der Waals surface area contributed by atoms with Crippen LogP contribution in [0, 0.1) is 98.0 Å². The Labute approximate surface area is 263 Å². The van der Waals surface area contributed by atoms with Crippen LogP contribution in [0.4, 0.5) is 65.9 Å². The molecule has 0 fully saturated rings. The zero-order valence-corrected chi connectivity index (χ0v) is 25.3.